The zero-order valence-electron chi connectivity index (χ0n) is 12.0. The van der Waals surface area contributed by atoms with Crippen molar-refractivity contribution in [3.05, 3.63) is 45.9 Å². The molecule has 1 aromatic heterocycles. The first kappa shape index (κ1) is 15.9. The van der Waals surface area contributed by atoms with Crippen molar-refractivity contribution in [2.45, 2.75) is 26.3 Å². The molecule has 2 rings (SSSR count). The molecule has 0 aliphatic carbocycles. The first-order valence-corrected chi connectivity index (χ1v) is 7.91. The third-order valence-electron chi connectivity index (χ3n) is 3.13. The summed E-state index contributed by atoms with van der Waals surface area (Å²) in [7, 11) is 0. The normalized spacial score (nSPS) is 12.4. The van der Waals surface area contributed by atoms with Crippen LogP contribution in [-0.4, -0.2) is 16.9 Å². The van der Waals surface area contributed by atoms with Crippen molar-refractivity contribution in [2.75, 3.05) is 5.32 Å². The van der Waals surface area contributed by atoms with E-state index in [4.69, 9.17) is 17.3 Å². The SMILES string of the molecule is CC(C)C(N)C(=O)Nc1ncc(Cc2ccccc2Cl)s1. The van der Waals surface area contributed by atoms with E-state index in [0.717, 1.165) is 15.5 Å². The summed E-state index contributed by atoms with van der Waals surface area (Å²) in [6, 6.07) is 7.17. The minimum absolute atomic E-state index is 0.0903. The Hall–Kier alpha value is -1.43. The van der Waals surface area contributed by atoms with E-state index in [9.17, 15) is 4.79 Å². The summed E-state index contributed by atoms with van der Waals surface area (Å²) < 4.78 is 0. The Kier molecular flexibility index (Phi) is 5.33. The predicted octanol–water partition coefficient (Wildman–Crippen LogP) is 3.31. The van der Waals surface area contributed by atoms with E-state index >= 15 is 0 Å². The molecule has 3 N–H and O–H groups in total. The number of hydrogen-bond acceptors (Lipinski definition) is 4. The van der Waals surface area contributed by atoms with Crippen LogP contribution in [0.2, 0.25) is 5.02 Å². The van der Waals surface area contributed by atoms with Crippen molar-refractivity contribution in [1.29, 1.82) is 0 Å². The van der Waals surface area contributed by atoms with Crippen LogP contribution < -0.4 is 11.1 Å². The van der Waals surface area contributed by atoms with Gasteiger partial charge in [-0.3, -0.25) is 4.79 Å². The molecule has 112 valence electrons. The van der Waals surface area contributed by atoms with E-state index in [1.54, 1.807) is 6.20 Å². The van der Waals surface area contributed by atoms with Gasteiger partial charge in [0.15, 0.2) is 5.13 Å². The second kappa shape index (κ2) is 7.02. The Bertz CT molecular complexity index is 627. The average Bonchev–Trinajstić information content (AvgIpc) is 2.87. The second-order valence-electron chi connectivity index (χ2n) is 5.16. The molecule has 0 fully saturated rings. The van der Waals surface area contributed by atoms with Crippen LogP contribution >= 0.6 is 22.9 Å². The number of anilines is 1. The summed E-state index contributed by atoms with van der Waals surface area (Å²) in [5.74, 6) is -0.115. The molecular weight excluding hydrogens is 306 g/mol. The number of nitrogens with one attached hydrogen (secondary N) is 1. The molecule has 6 heteroatoms. The Morgan fingerprint density at radius 3 is 2.81 bits per heavy atom. The van der Waals surface area contributed by atoms with Crippen LogP contribution in [0.4, 0.5) is 5.13 Å². The number of carbonyl (C=O) groups is 1. The fraction of sp³-hybridized carbons (Fsp3) is 0.333. The molecule has 2 aromatic rings. The highest BCUT2D eigenvalue weighted by atomic mass is 35.5. The maximum atomic E-state index is 11.9. The number of amides is 1. The summed E-state index contributed by atoms with van der Waals surface area (Å²) in [5.41, 5.74) is 6.85. The minimum atomic E-state index is -0.527. The van der Waals surface area contributed by atoms with E-state index in [0.29, 0.717) is 11.6 Å². The number of halogens is 1. The first-order valence-electron chi connectivity index (χ1n) is 6.72. The monoisotopic (exact) mass is 323 g/mol. The highest BCUT2D eigenvalue weighted by Crippen LogP contribution is 2.24. The largest absolute Gasteiger partial charge is 0.320 e. The maximum absolute atomic E-state index is 11.9. The van der Waals surface area contributed by atoms with Crippen molar-refractivity contribution in [3.8, 4) is 0 Å². The van der Waals surface area contributed by atoms with Gasteiger partial charge in [0.05, 0.1) is 6.04 Å². The topological polar surface area (TPSA) is 68.0 Å². The third-order valence-corrected chi connectivity index (χ3v) is 4.41. The van der Waals surface area contributed by atoms with Gasteiger partial charge in [0.25, 0.3) is 0 Å². The number of hydrogen-bond donors (Lipinski definition) is 2. The van der Waals surface area contributed by atoms with Gasteiger partial charge in [-0.05, 0) is 17.5 Å². The van der Waals surface area contributed by atoms with E-state index in [-0.39, 0.29) is 11.8 Å². The molecule has 0 bridgehead atoms. The minimum Gasteiger partial charge on any atom is -0.320 e. The van der Waals surface area contributed by atoms with E-state index in [1.165, 1.54) is 11.3 Å². The van der Waals surface area contributed by atoms with Crippen LogP contribution in [0.1, 0.15) is 24.3 Å². The molecule has 0 saturated carbocycles. The number of thiazole rings is 1. The first-order chi connectivity index (χ1) is 9.97. The second-order valence-corrected chi connectivity index (χ2v) is 6.68. The van der Waals surface area contributed by atoms with Crippen LogP contribution in [0.5, 0.6) is 0 Å². The summed E-state index contributed by atoms with van der Waals surface area (Å²) >= 11 is 7.58. The van der Waals surface area contributed by atoms with Crippen LogP contribution in [0.15, 0.2) is 30.5 Å². The number of nitrogens with zero attached hydrogens (tertiary/aromatic N) is 1. The molecule has 0 saturated heterocycles. The van der Waals surface area contributed by atoms with E-state index in [1.807, 2.05) is 38.1 Å². The molecule has 4 nitrogen and oxygen atoms in total. The van der Waals surface area contributed by atoms with Gasteiger partial charge >= 0.3 is 0 Å². The molecule has 0 spiro atoms. The fourth-order valence-corrected chi connectivity index (χ4v) is 2.81. The predicted molar refractivity (Wildman–Crippen MR) is 87.8 cm³/mol. The highest BCUT2D eigenvalue weighted by Gasteiger charge is 2.18. The molecule has 0 radical (unpaired) electrons. The number of benzene rings is 1. The molecule has 21 heavy (non-hydrogen) atoms. The Morgan fingerprint density at radius 2 is 2.14 bits per heavy atom. The van der Waals surface area contributed by atoms with Crippen LogP contribution in [0.3, 0.4) is 0 Å². The molecule has 1 amide bonds. The summed E-state index contributed by atoms with van der Waals surface area (Å²) in [6.45, 7) is 3.82. The lowest BCUT2D eigenvalue weighted by molar-refractivity contribution is -0.118. The molecule has 0 aliphatic rings. The lowest BCUT2D eigenvalue weighted by Gasteiger charge is -2.13. The molecular formula is C15H18ClN3OS. The Morgan fingerprint density at radius 1 is 1.43 bits per heavy atom. The summed E-state index contributed by atoms with van der Waals surface area (Å²) in [6.07, 6.45) is 2.45. The lowest BCUT2D eigenvalue weighted by Crippen LogP contribution is -2.39. The quantitative estimate of drug-likeness (QED) is 0.887. The molecule has 1 heterocycles. The third kappa shape index (κ3) is 4.27. The number of aromatic nitrogens is 1. The van der Waals surface area contributed by atoms with E-state index < -0.39 is 6.04 Å². The van der Waals surface area contributed by atoms with Gasteiger partial charge < -0.3 is 11.1 Å². The van der Waals surface area contributed by atoms with Crippen LogP contribution in [0.25, 0.3) is 0 Å². The Labute approximate surface area is 133 Å². The smallest absolute Gasteiger partial charge is 0.243 e. The van der Waals surface area contributed by atoms with Crippen molar-refractivity contribution in [2.24, 2.45) is 11.7 Å². The standard InChI is InChI=1S/C15H18ClN3OS/c1-9(2)13(17)14(20)19-15-18-8-11(21-15)7-10-5-3-4-6-12(10)16/h3-6,8-9,13H,7,17H2,1-2H3,(H,18,19,20). The van der Waals surface area contributed by atoms with Crippen molar-refractivity contribution >= 4 is 34.0 Å². The lowest BCUT2D eigenvalue weighted by atomic mass is 10.1. The molecule has 0 aliphatic heterocycles. The maximum Gasteiger partial charge on any atom is 0.243 e. The zero-order chi connectivity index (χ0) is 15.4. The van der Waals surface area contributed by atoms with E-state index in [2.05, 4.69) is 10.3 Å². The zero-order valence-corrected chi connectivity index (χ0v) is 13.5. The fourth-order valence-electron chi connectivity index (χ4n) is 1.77. The summed E-state index contributed by atoms with van der Waals surface area (Å²) in [5, 5.41) is 4.06. The molecule has 1 unspecified atom stereocenters. The molecule has 1 aromatic carbocycles. The number of rotatable bonds is 5. The van der Waals surface area contributed by atoms with Crippen LogP contribution in [-0.2, 0) is 11.2 Å². The number of nitrogens with two attached hydrogens (primary N) is 1. The van der Waals surface area contributed by atoms with Gasteiger partial charge in [-0.2, -0.15) is 0 Å². The van der Waals surface area contributed by atoms with Gasteiger partial charge in [-0.15, -0.1) is 11.3 Å². The van der Waals surface area contributed by atoms with Crippen molar-refractivity contribution in [3.63, 3.8) is 0 Å². The molecule has 1 atom stereocenters. The van der Waals surface area contributed by atoms with Gasteiger partial charge in [-0.1, -0.05) is 43.6 Å². The van der Waals surface area contributed by atoms with Crippen LogP contribution in [0, 0.1) is 5.92 Å². The van der Waals surface area contributed by atoms with Crippen molar-refractivity contribution < 1.29 is 4.79 Å². The van der Waals surface area contributed by atoms with Crippen molar-refractivity contribution in [1.82, 2.24) is 4.98 Å². The van der Waals surface area contributed by atoms with Gasteiger partial charge in [0, 0.05) is 22.5 Å². The Balaban J connectivity index is 2.02. The number of carbonyl (C=O) groups excluding carboxylic acids is 1. The van der Waals surface area contributed by atoms with Gasteiger partial charge in [0.2, 0.25) is 5.91 Å². The average molecular weight is 324 g/mol. The summed E-state index contributed by atoms with van der Waals surface area (Å²) in [4.78, 5) is 17.1. The van der Waals surface area contributed by atoms with Gasteiger partial charge in [0.1, 0.15) is 0 Å². The highest BCUT2D eigenvalue weighted by molar-refractivity contribution is 7.15. The van der Waals surface area contributed by atoms with Gasteiger partial charge in [-0.25, -0.2) is 4.98 Å².